The molecule has 270 valence electrons. The summed E-state index contributed by atoms with van der Waals surface area (Å²) in [5.41, 5.74) is 7.74. The van der Waals surface area contributed by atoms with Crippen molar-refractivity contribution in [3.8, 4) is 0 Å². The summed E-state index contributed by atoms with van der Waals surface area (Å²) in [6.07, 6.45) is 10.7. The van der Waals surface area contributed by atoms with Crippen molar-refractivity contribution in [2.24, 2.45) is 0 Å². The molecule has 3 aromatic carbocycles. The van der Waals surface area contributed by atoms with Gasteiger partial charge in [0.05, 0.1) is 36.5 Å². The Morgan fingerprint density at radius 2 is 0.980 bits per heavy atom. The number of benzene rings is 3. The number of hydrogen-bond acceptors (Lipinski definition) is 8. The van der Waals surface area contributed by atoms with Gasteiger partial charge in [-0.05, 0) is 74.2 Å². The maximum absolute atomic E-state index is 12.7. The van der Waals surface area contributed by atoms with Crippen molar-refractivity contribution in [3.05, 3.63) is 106 Å². The van der Waals surface area contributed by atoms with Gasteiger partial charge in [0.15, 0.2) is 11.7 Å². The minimum Gasteiger partial charge on any atom is -0.374 e. The zero-order valence-corrected chi connectivity index (χ0v) is 30.0. The van der Waals surface area contributed by atoms with Gasteiger partial charge in [0.1, 0.15) is 0 Å². The Kier molecular flexibility index (Phi) is 17.7. The highest BCUT2D eigenvalue weighted by molar-refractivity contribution is 6.03. The molecule has 0 aromatic heterocycles. The monoisotopic (exact) mass is 686 g/mol. The van der Waals surface area contributed by atoms with Crippen LogP contribution >= 0.6 is 0 Å². The van der Waals surface area contributed by atoms with Crippen LogP contribution in [-0.4, -0.2) is 35.8 Å². The second kappa shape index (κ2) is 22.2. The van der Waals surface area contributed by atoms with Gasteiger partial charge in [-0.3, -0.25) is 10.8 Å². The van der Waals surface area contributed by atoms with Crippen LogP contribution in [0.15, 0.2) is 72.8 Å². The van der Waals surface area contributed by atoms with E-state index in [0.29, 0.717) is 33.4 Å². The molecule has 3 aromatic rings. The molecule has 2 unspecified atom stereocenters. The van der Waals surface area contributed by atoms with Crippen LogP contribution in [0.4, 0.5) is 0 Å². The lowest BCUT2D eigenvalue weighted by Crippen LogP contribution is -2.31. The van der Waals surface area contributed by atoms with E-state index in [2.05, 4.69) is 24.8 Å². The minimum atomic E-state index is -0.628. The summed E-state index contributed by atoms with van der Waals surface area (Å²) in [6.45, 7) is 8.68. The molecular weight excluding hydrogens is 632 g/mol. The van der Waals surface area contributed by atoms with Crippen LogP contribution in [0.1, 0.15) is 135 Å². The number of rotatable bonds is 20. The average molecular weight is 687 g/mol. The van der Waals surface area contributed by atoms with E-state index in [1.165, 1.54) is 12.8 Å². The van der Waals surface area contributed by atoms with Gasteiger partial charge in [0, 0.05) is 11.1 Å². The molecule has 0 spiro atoms. The van der Waals surface area contributed by atoms with E-state index < -0.39 is 11.9 Å². The lowest BCUT2D eigenvalue weighted by molar-refractivity contribution is 0.0372. The van der Waals surface area contributed by atoms with Gasteiger partial charge in [-0.1, -0.05) is 102 Å². The van der Waals surface area contributed by atoms with Crippen LogP contribution in [0.2, 0.25) is 0 Å². The molecule has 0 aliphatic carbocycles. The Hall–Kier alpha value is -4.54. The van der Waals surface area contributed by atoms with Crippen LogP contribution in [0.5, 0.6) is 0 Å². The molecule has 0 aliphatic rings. The second-order valence-corrected chi connectivity index (χ2v) is 12.6. The van der Waals surface area contributed by atoms with Gasteiger partial charge in [-0.2, -0.15) is 11.0 Å². The Bertz CT molecular complexity index is 1390. The summed E-state index contributed by atoms with van der Waals surface area (Å²) < 4.78 is 12.5. The third-order valence-electron chi connectivity index (χ3n) is 8.35. The summed E-state index contributed by atoms with van der Waals surface area (Å²) in [4.78, 5) is 35.9. The van der Waals surface area contributed by atoms with Crippen molar-refractivity contribution in [1.82, 2.24) is 11.0 Å². The maximum Gasteiger partial charge on any atom is 0.362 e. The van der Waals surface area contributed by atoms with Crippen LogP contribution in [-0.2, 0) is 32.4 Å². The first-order valence-corrected chi connectivity index (χ1v) is 17.8. The smallest absolute Gasteiger partial charge is 0.362 e. The Labute approximate surface area is 297 Å². The van der Waals surface area contributed by atoms with Crippen molar-refractivity contribution < 1.29 is 28.7 Å². The van der Waals surface area contributed by atoms with Crippen LogP contribution in [0.25, 0.3) is 0 Å². The molecule has 10 nitrogen and oxygen atoms in total. The summed E-state index contributed by atoms with van der Waals surface area (Å²) in [5.74, 6) is -1.56. The fourth-order valence-electron chi connectivity index (χ4n) is 5.31. The number of hydroxylamine groups is 2. The van der Waals surface area contributed by atoms with Crippen molar-refractivity contribution >= 4 is 23.6 Å². The van der Waals surface area contributed by atoms with Crippen molar-refractivity contribution in [2.75, 3.05) is 0 Å². The number of carbonyl (C=O) groups excluding carboxylic acids is 2. The highest BCUT2D eigenvalue weighted by Gasteiger charge is 2.20. The van der Waals surface area contributed by atoms with Crippen LogP contribution in [0.3, 0.4) is 0 Å². The van der Waals surface area contributed by atoms with Gasteiger partial charge >= 0.3 is 11.9 Å². The largest absolute Gasteiger partial charge is 0.374 e. The molecule has 0 fully saturated rings. The highest BCUT2D eigenvalue weighted by atomic mass is 16.7. The molecule has 2 atom stereocenters. The molecule has 0 radical (unpaired) electrons. The molecule has 3 rings (SSSR count). The van der Waals surface area contributed by atoms with Gasteiger partial charge in [0.25, 0.3) is 0 Å². The molecule has 50 heavy (non-hydrogen) atoms. The second-order valence-electron chi connectivity index (χ2n) is 12.6. The van der Waals surface area contributed by atoms with Crippen LogP contribution in [0, 0.1) is 10.8 Å². The molecule has 0 heterocycles. The zero-order chi connectivity index (χ0) is 36.1. The van der Waals surface area contributed by atoms with E-state index in [9.17, 15) is 9.59 Å². The Morgan fingerprint density at radius 1 is 0.600 bits per heavy atom. The molecule has 10 heteroatoms. The standard InChI is InChI=1S/C40H54N4O6/c1-5-7-9-13-19-29(3)47-27-33-25-36(38(42)44-50-40(46)32-23-17-12-18-24-32)34(28-48-30(4)20-14-10-8-6-2)26-35(33)37(41)43-49-39(45)31-21-15-11-16-22-31/h11-12,15-18,21-26,29-30H,5-10,13-14,19-20,27-28H2,1-4H3,(H2,41,43)(H2,42,44). The molecule has 0 amide bonds. The first-order chi connectivity index (χ1) is 24.2. The Morgan fingerprint density at radius 3 is 1.34 bits per heavy atom. The van der Waals surface area contributed by atoms with Crippen molar-refractivity contribution in [1.29, 1.82) is 10.8 Å². The lowest BCUT2D eigenvalue weighted by Gasteiger charge is -2.21. The van der Waals surface area contributed by atoms with Crippen LogP contribution < -0.4 is 11.0 Å². The first kappa shape index (κ1) is 39.9. The van der Waals surface area contributed by atoms with Gasteiger partial charge in [-0.25, -0.2) is 9.59 Å². The van der Waals surface area contributed by atoms with E-state index in [4.69, 9.17) is 30.0 Å². The van der Waals surface area contributed by atoms with E-state index in [1.54, 1.807) is 72.8 Å². The normalized spacial score (nSPS) is 12.1. The number of nitrogens with one attached hydrogen (secondary N) is 4. The predicted octanol–water partition coefficient (Wildman–Crippen LogP) is 8.81. The SMILES string of the molecule is CCCCCCC(C)OCc1cc(C(=N)NOC(=O)c2ccccc2)c(COC(C)CCCCCC)cc1C(=N)NOC(=O)c1ccccc1. The summed E-state index contributed by atoms with van der Waals surface area (Å²) in [5, 5.41) is 17.8. The number of carbonyl (C=O) groups is 2. The average Bonchev–Trinajstić information content (AvgIpc) is 3.14. The summed E-state index contributed by atoms with van der Waals surface area (Å²) in [6, 6.07) is 20.5. The molecule has 4 N–H and O–H groups in total. The molecule has 0 saturated heterocycles. The predicted molar refractivity (Wildman–Crippen MR) is 196 cm³/mol. The minimum absolute atomic E-state index is 0.0396. The van der Waals surface area contributed by atoms with Crippen molar-refractivity contribution in [3.63, 3.8) is 0 Å². The summed E-state index contributed by atoms with van der Waals surface area (Å²) in [7, 11) is 0. The van der Waals surface area contributed by atoms with E-state index >= 15 is 0 Å². The number of unbranched alkanes of at least 4 members (excludes halogenated alkanes) is 6. The first-order valence-electron chi connectivity index (χ1n) is 17.8. The Balaban J connectivity index is 1.89. The lowest BCUT2D eigenvalue weighted by atomic mass is 9.97. The van der Waals surface area contributed by atoms with Gasteiger partial charge in [0.2, 0.25) is 0 Å². The number of hydrogen-bond donors (Lipinski definition) is 4. The number of ether oxygens (including phenoxy) is 2. The fourth-order valence-corrected chi connectivity index (χ4v) is 5.31. The quantitative estimate of drug-likeness (QED) is 0.0400. The van der Waals surface area contributed by atoms with Gasteiger partial charge < -0.3 is 19.1 Å². The van der Waals surface area contributed by atoms with E-state index in [1.807, 2.05) is 13.8 Å². The number of amidine groups is 2. The third kappa shape index (κ3) is 13.8. The van der Waals surface area contributed by atoms with Crippen molar-refractivity contribution in [2.45, 2.75) is 117 Å². The van der Waals surface area contributed by atoms with Gasteiger partial charge in [-0.15, -0.1) is 0 Å². The fraction of sp³-hybridized carbons (Fsp3) is 0.450. The molecule has 0 bridgehead atoms. The highest BCUT2D eigenvalue weighted by Crippen LogP contribution is 2.23. The third-order valence-corrected chi connectivity index (χ3v) is 8.35. The van der Waals surface area contributed by atoms with E-state index in [0.717, 1.165) is 51.4 Å². The maximum atomic E-state index is 12.7. The molecule has 0 saturated carbocycles. The topological polar surface area (TPSA) is 143 Å². The summed E-state index contributed by atoms with van der Waals surface area (Å²) >= 11 is 0. The zero-order valence-electron chi connectivity index (χ0n) is 30.0. The van der Waals surface area contributed by atoms with E-state index in [-0.39, 0.29) is 37.1 Å². The molecular formula is C40H54N4O6. The molecule has 0 aliphatic heterocycles.